The maximum atomic E-state index is 12.2. The SMILES string of the molecule is CCCCCCCCCCOC(=O)c1ccc(-c2ncc(CCCC)cn2)cc1. The Kier molecular flexibility index (Phi) is 11.0. The quantitative estimate of drug-likeness (QED) is 0.261. The number of benzene rings is 1. The van der Waals surface area contributed by atoms with Gasteiger partial charge in [-0.15, -0.1) is 0 Å². The zero-order valence-electron chi connectivity index (χ0n) is 18.2. The van der Waals surface area contributed by atoms with Crippen LogP contribution >= 0.6 is 0 Å². The molecule has 0 unspecified atom stereocenters. The van der Waals surface area contributed by atoms with Gasteiger partial charge in [0.2, 0.25) is 0 Å². The molecule has 4 nitrogen and oxygen atoms in total. The van der Waals surface area contributed by atoms with Gasteiger partial charge in [-0.25, -0.2) is 14.8 Å². The summed E-state index contributed by atoms with van der Waals surface area (Å²) in [6.45, 7) is 4.91. The molecule has 0 bridgehead atoms. The van der Waals surface area contributed by atoms with Crippen molar-refractivity contribution in [2.24, 2.45) is 0 Å². The highest BCUT2D eigenvalue weighted by atomic mass is 16.5. The summed E-state index contributed by atoms with van der Waals surface area (Å²) < 4.78 is 5.40. The monoisotopic (exact) mass is 396 g/mol. The van der Waals surface area contributed by atoms with Gasteiger partial charge in [-0.05, 0) is 37.0 Å². The molecule has 0 aliphatic carbocycles. The Bertz CT molecular complexity index is 696. The van der Waals surface area contributed by atoms with Crippen LogP contribution in [-0.2, 0) is 11.2 Å². The second kappa shape index (κ2) is 13.9. The van der Waals surface area contributed by atoms with E-state index in [4.69, 9.17) is 4.74 Å². The summed E-state index contributed by atoms with van der Waals surface area (Å²) >= 11 is 0. The third kappa shape index (κ3) is 8.76. The first-order valence-electron chi connectivity index (χ1n) is 11.3. The Morgan fingerprint density at radius 3 is 2.00 bits per heavy atom. The largest absolute Gasteiger partial charge is 0.462 e. The van der Waals surface area contributed by atoms with Crippen molar-refractivity contribution in [1.29, 1.82) is 0 Å². The molecule has 4 heteroatoms. The lowest BCUT2D eigenvalue weighted by molar-refractivity contribution is 0.0497. The molecule has 0 radical (unpaired) electrons. The number of carbonyl (C=O) groups excluding carboxylic acids is 1. The van der Waals surface area contributed by atoms with Gasteiger partial charge in [0.05, 0.1) is 12.2 Å². The van der Waals surface area contributed by atoms with Gasteiger partial charge in [0.1, 0.15) is 0 Å². The van der Waals surface area contributed by atoms with Crippen LogP contribution in [0.25, 0.3) is 11.4 Å². The summed E-state index contributed by atoms with van der Waals surface area (Å²) in [5, 5.41) is 0. The van der Waals surface area contributed by atoms with Gasteiger partial charge >= 0.3 is 5.97 Å². The van der Waals surface area contributed by atoms with Gasteiger partial charge < -0.3 is 4.74 Å². The van der Waals surface area contributed by atoms with Gasteiger partial charge in [-0.1, -0.05) is 77.3 Å². The first kappa shape index (κ1) is 23.1. The molecule has 0 atom stereocenters. The van der Waals surface area contributed by atoms with Crippen molar-refractivity contribution in [3.05, 3.63) is 47.8 Å². The summed E-state index contributed by atoms with van der Waals surface area (Å²) in [7, 11) is 0. The van der Waals surface area contributed by atoms with Crippen LogP contribution in [0.15, 0.2) is 36.7 Å². The molecule has 158 valence electrons. The Hall–Kier alpha value is -2.23. The minimum atomic E-state index is -0.254. The Morgan fingerprint density at radius 2 is 1.38 bits per heavy atom. The van der Waals surface area contributed by atoms with Crippen molar-refractivity contribution >= 4 is 5.97 Å². The van der Waals surface area contributed by atoms with Crippen molar-refractivity contribution in [2.75, 3.05) is 6.61 Å². The molecule has 0 fully saturated rings. The van der Waals surface area contributed by atoms with E-state index in [1.165, 1.54) is 44.9 Å². The molecule has 1 aromatic carbocycles. The molecule has 29 heavy (non-hydrogen) atoms. The van der Waals surface area contributed by atoms with Crippen molar-refractivity contribution in [3.8, 4) is 11.4 Å². The summed E-state index contributed by atoms with van der Waals surface area (Å²) in [6, 6.07) is 7.35. The number of aromatic nitrogens is 2. The van der Waals surface area contributed by atoms with Crippen LogP contribution in [0.3, 0.4) is 0 Å². The van der Waals surface area contributed by atoms with Crippen LogP contribution in [0, 0.1) is 0 Å². The summed E-state index contributed by atoms with van der Waals surface area (Å²) in [6.07, 6.45) is 17.0. The molecule has 1 heterocycles. The third-order valence-electron chi connectivity index (χ3n) is 5.13. The number of ether oxygens (including phenoxy) is 1. The minimum absolute atomic E-state index is 0.254. The molecule has 0 aliphatic heterocycles. The van der Waals surface area contributed by atoms with E-state index in [1.807, 2.05) is 24.5 Å². The number of hydrogen-bond acceptors (Lipinski definition) is 4. The standard InChI is InChI=1S/C25H36N2O2/c1-3-5-7-8-9-10-11-12-18-29-25(28)23-16-14-22(15-17-23)24-26-19-21(20-27-24)13-6-4-2/h14-17,19-20H,3-13,18H2,1-2H3. The fraction of sp³-hybridized carbons (Fsp3) is 0.560. The molecule has 0 spiro atoms. The van der Waals surface area contributed by atoms with Crippen molar-refractivity contribution in [3.63, 3.8) is 0 Å². The number of unbranched alkanes of at least 4 members (excludes halogenated alkanes) is 8. The van der Waals surface area contributed by atoms with E-state index in [2.05, 4.69) is 23.8 Å². The van der Waals surface area contributed by atoms with Crippen LogP contribution in [-0.4, -0.2) is 22.5 Å². The second-order valence-electron chi connectivity index (χ2n) is 7.71. The Labute approximate surface area is 176 Å². The normalized spacial score (nSPS) is 10.8. The molecule has 2 rings (SSSR count). The van der Waals surface area contributed by atoms with Gasteiger partial charge in [0.25, 0.3) is 0 Å². The number of carbonyl (C=O) groups is 1. The van der Waals surface area contributed by atoms with E-state index in [0.29, 0.717) is 18.0 Å². The van der Waals surface area contributed by atoms with E-state index in [0.717, 1.165) is 36.8 Å². The minimum Gasteiger partial charge on any atom is -0.462 e. The van der Waals surface area contributed by atoms with Crippen LogP contribution < -0.4 is 0 Å². The van der Waals surface area contributed by atoms with Crippen LogP contribution in [0.5, 0.6) is 0 Å². The van der Waals surface area contributed by atoms with E-state index >= 15 is 0 Å². The molecule has 2 aromatic rings. The highest BCUT2D eigenvalue weighted by Crippen LogP contribution is 2.17. The molecular weight excluding hydrogens is 360 g/mol. The average molecular weight is 397 g/mol. The van der Waals surface area contributed by atoms with E-state index in [-0.39, 0.29) is 5.97 Å². The van der Waals surface area contributed by atoms with E-state index in [1.54, 1.807) is 12.1 Å². The summed E-state index contributed by atoms with van der Waals surface area (Å²) in [5.74, 6) is 0.430. The van der Waals surface area contributed by atoms with Crippen molar-refractivity contribution < 1.29 is 9.53 Å². The van der Waals surface area contributed by atoms with Gasteiger partial charge in [0.15, 0.2) is 5.82 Å². The second-order valence-corrected chi connectivity index (χ2v) is 7.71. The number of aryl methyl sites for hydroxylation is 1. The fourth-order valence-corrected chi connectivity index (χ4v) is 3.25. The lowest BCUT2D eigenvalue weighted by Gasteiger charge is -2.06. The lowest BCUT2D eigenvalue weighted by Crippen LogP contribution is -2.06. The maximum Gasteiger partial charge on any atom is 0.338 e. The highest BCUT2D eigenvalue weighted by Gasteiger charge is 2.08. The molecule has 0 saturated carbocycles. The number of nitrogens with zero attached hydrogens (tertiary/aromatic N) is 2. The zero-order chi connectivity index (χ0) is 20.7. The fourth-order valence-electron chi connectivity index (χ4n) is 3.25. The van der Waals surface area contributed by atoms with Crippen LogP contribution in [0.2, 0.25) is 0 Å². The third-order valence-corrected chi connectivity index (χ3v) is 5.13. The summed E-state index contributed by atoms with van der Waals surface area (Å²) in [4.78, 5) is 21.1. The average Bonchev–Trinajstić information content (AvgIpc) is 2.77. The van der Waals surface area contributed by atoms with E-state index < -0.39 is 0 Å². The molecule has 0 saturated heterocycles. The first-order valence-corrected chi connectivity index (χ1v) is 11.3. The van der Waals surface area contributed by atoms with Gasteiger partial charge in [0, 0.05) is 18.0 Å². The highest BCUT2D eigenvalue weighted by molar-refractivity contribution is 5.89. The molecule has 0 N–H and O–H groups in total. The van der Waals surface area contributed by atoms with E-state index in [9.17, 15) is 4.79 Å². The number of hydrogen-bond donors (Lipinski definition) is 0. The molecule has 1 aromatic heterocycles. The van der Waals surface area contributed by atoms with Crippen molar-refractivity contribution in [1.82, 2.24) is 9.97 Å². The van der Waals surface area contributed by atoms with Gasteiger partial charge in [-0.3, -0.25) is 0 Å². The predicted molar refractivity (Wildman–Crippen MR) is 119 cm³/mol. The zero-order valence-corrected chi connectivity index (χ0v) is 18.2. The molecule has 0 amide bonds. The predicted octanol–water partition coefficient (Wildman–Crippen LogP) is 6.78. The van der Waals surface area contributed by atoms with Crippen molar-refractivity contribution in [2.45, 2.75) is 84.5 Å². The maximum absolute atomic E-state index is 12.2. The van der Waals surface area contributed by atoms with Crippen LogP contribution in [0.4, 0.5) is 0 Å². The number of esters is 1. The summed E-state index contributed by atoms with van der Waals surface area (Å²) in [5.41, 5.74) is 2.65. The van der Waals surface area contributed by atoms with Gasteiger partial charge in [-0.2, -0.15) is 0 Å². The Balaban J connectivity index is 1.70. The molecular formula is C25H36N2O2. The topological polar surface area (TPSA) is 52.1 Å². The smallest absolute Gasteiger partial charge is 0.338 e. The first-order chi connectivity index (χ1) is 14.2. The van der Waals surface area contributed by atoms with Crippen LogP contribution in [0.1, 0.15) is 94.0 Å². The lowest BCUT2D eigenvalue weighted by atomic mass is 10.1. The number of rotatable bonds is 14. The Morgan fingerprint density at radius 1 is 0.793 bits per heavy atom. The molecule has 0 aliphatic rings.